The van der Waals surface area contributed by atoms with Crippen LogP contribution in [0.2, 0.25) is 5.02 Å². The summed E-state index contributed by atoms with van der Waals surface area (Å²) in [6.07, 6.45) is 0. The predicted octanol–water partition coefficient (Wildman–Crippen LogP) is 4.71. The van der Waals surface area contributed by atoms with Gasteiger partial charge < -0.3 is 15.4 Å². The summed E-state index contributed by atoms with van der Waals surface area (Å²) in [4.78, 5) is 20.3. The van der Waals surface area contributed by atoms with Crippen LogP contribution >= 0.6 is 11.6 Å². The van der Waals surface area contributed by atoms with E-state index < -0.39 is 0 Å². The second-order valence-electron chi connectivity index (χ2n) is 5.52. The van der Waals surface area contributed by atoms with E-state index in [2.05, 4.69) is 20.6 Å². The number of nitrogens with one attached hydrogen (secondary N) is 2. The highest BCUT2D eigenvalue weighted by Gasteiger charge is 2.07. The molecule has 0 unspecified atom stereocenters. The lowest BCUT2D eigenvalue weighted by molar-refractivity contribution is 0.0601. The van der Waals surface area contributed by atoms with Crippen molar-refractivity contribution in [1.82, 2.24) is 9.97 Å². The molecular weight excluding hydrogens is 352 g/mol. The van der Waals surface area contributed by atoms with E-state index in [9.17, 15) is 4.79 Å². The Labute approximate surface area is 156 Å². The van der Waals surface area contributed by atoms with E-state index in [1.807, 2.05) is 31.2 Å². The highest BCUT2D eigenvalue weighted by molar-refractivity contribution is 6.33. The fraction of sp³-hybridized carbons (Fsp3) is 0.105. The third-order valence-corrected chi connectivity index (χ3v) is 3.88. The number of aromatic nitrogens is 2. The van der Waals surface area contributed by atoms with Crippen molar-refractivity contribution < 1.29 is 9.53 Å². The Morgan fingerprint density at radius 2 is 1.77 bits per heavy atom. The number of benzene rings is 2. The Balaban J connectivity index is 1.79. The molecule has 1 heterocycles. The molecule has 7 heteroatoms. The van der Waals surface area contributed by atoms with Crippen molar-refractivity contribution in [3.8, 4) is 0 Å². The van der Waals surface area contributed by atoms with E-state index in [1.165, 1.54) is 7.11 Å². The molecule has 0 aliphatic rings. The van der Waals surface area contributed by atoms with Crippen LogP contribution < -0.4 is 10.6 Å². The van der Waals surface area contributed by atoms with Crippen molar-refractivity contribution in [1.29, 1.82) is 0 Å². The molecule has 0 saturated heterocycles. The molecule has 0 aliphatic carbocycles. The first-order valence-electron chi connectivity index (χ1n) is 7.88. The quantitative estimate of drug-likeness (QED) is 0.635. The van der Waals surface area contributed by atoms with Gasteiger partial charge in [-0.25, -0.2) is 9.78 Å². The zero-order chi connectivity index (χ0) is 18.5. The predicted molar refractivity (Wildman–Crippen MR) is 103 cm³/mol. The van der Waals surface area contributed by atoms with Gasteiger partial charge in [-0.15, -0.1) is 0 Å². The summed E-state index contributed by atoms with van der Waals surface area (Å²) in [5, 5.41) is 6.90. The molecule has 2 aromatic carbocycles. The van der Waals surface area contributed by atoms with Gasteiger partial charge in [-0.05, 0) is 43.3 Å². The lowest BCUT2D eigenvalue weighted by Crippen LogP contribution is -2.03. The van der Waals surface area contributed by atoms with Gasteiger partial charge in [0.25, 0.3) is 0 Å². The van der Waals surface area contributed by atoms with Crippen molar-refractivity contribution in [3.63, 3.8) is 0 Å². The Morgan fingerprint density at radius 1 is 1.04 bits per heavy atom. The minimum absolute atomic E-state index is 0.374. The second-order valence-corrected chi connectivity index (χ2v) is 5.92. The average Bonchev–Trinajstić information content (AvgIpc) is 2.63. The van der Waals surface area contributed by atoms with Crippen molar-refractivity contribution in [3.05, 3.63) is 70.9 Å². The lowest BCUT2D eigenvalue weighted by atomic mass is 10.2. The van der Waals surface area contributed by atoms with E-state index >= 15 is 0 Å². The molecule has 26 heavy (non-hydrogen) atoms. The number of carbonyl (C=O) groups is 1. The molecule has 0 amide bonds. The molecule has 0 aliphatic heterocycles. The van der Waals surface area contributed by atoms with Gasteiger partial charge in [0.1, 0.15) is 5.82 Å². The van der Waals surface area contributed by atoms with Crippen LogP contribution in [0.1, 0.15) is 16.1 Å². The smallest absolute Gasteiger partial charge is 0.337 e. The van der Waals surface area contributed by atoms with Crippen LogP contribution in [0.15, 0.2) is 54.6 Å². The van der Waals surface area contributed by atoms with Gasteiger partial charge in [-0.1, -0.05) is 23.7 Å². The monoisotopic (exact) mass is 368 g/mol. The fourth-order valence-electron chi connectivity index (χ4n) is 2.33. The highest BCUT2D eigenvalue weighted by atomic mass is 35.5. The summed E-state index contributed by atoms with van der Waals surface area (Å²) in [5.41, 5.74) is 2.80. The van der Waals surface area contributed by atoms with Crippen molar-refractivity contribution in [2.75, 3.05) is 17.7 Å². The molecule has 132 valence electrons. The van der Waals surface area contributed by atoms with E-state index in [0.29, 0.717) is 22.4 Å². The van der Waals surface area contributed by atoms with Crippen LogP contribution in [0.3, 0.4) is 0 Å². The molecule has 3 aromatic rings. The Bertz CT molecular complexity index is 929. The van der Waals surface area contributed by atoms with Gasteiger partial charge >= 0.3 is 5.97 Å². The van der Waals surface area contributed by atoms with Gasteiger partial charge in [0.15, 0.2) is 0 Å². The number of para-hydroxylation sites is 1. The number of hydrogen-bond donors (Lipinski definition) is 2. The number of methoxy groups -OCH3 is 1. The van der Waals surface area contributed by atoms with Crippen LogP contribution in [0.25, 0.3) is 0 Å². The summed E-state index contributed by atoms with van der Waals surface area (Å²) in [6.45, 7) is 1.88. The number of nitrogens with zero attached hydrogens (tertiary/aromatic N) is 2. The molecule has 0 spiro atoms. The standard InChI is InChI=1S/C19H17ClN4O2/c1-12-11-17(22-14-9-7-13(8-10-14)18(25)26-2)24-19(21-12)23-16-6-4-3-5-15(16)20/h3-11H,1-2H3,(H2,21,22,23,24). The van der Waals surface area contributed by atoms with Crippen LogP contribution in [0, 0.1) is 6.92 Å². The zero-order valence-corrected chi connectivity index (χ0v) is 15.0. The molecular formula is C19H17ClN4O2. The average molecular weight is 369 g/mol. The Hall–Kier alpha value is -3.12. The number of aryl methyl sites for hydroxylation is 1. The lowest BCUT2D eigenvalue weighted by Gasteiger charge is -2.11. The van der Waals surface area contributed by atoms with Crippen LogP contribution in [0.4, 0.5) is 23.1 Å². The van der Waals surface area contributed by atoms with E-state index in [4.69, 9.17) is 16.3 Å². The van der Waals surface area contributed by atoms with E-state index in [1.54, 1.807) is 30.3 Å². The van der Waals surface area contributed by atoms with Gasteiger partial charge in [0.2, 0.25) is 5.95 Å². The molecule has 0 fully saturated rings. The molecule has 6 nitrogen and oxygen atoms in total. The topological polar surface area (TPSA) is 76.1 Å². The molecule has 0 radical (unpaired) electrons. The zero-order valence-electron chi connectivity index (χ0n) is 14.3. The largest absolute Gasteiger partial charge is 0.465 e. The summed E-state index contributed by atoms with van der Waals surface area (Å²) in [5.74, 6) is 0.685. The van der Waals surface area contributed by atoms with Crippen molar-refractivity contribution in [2.45, 2.75) is 6.92 Å². The van der Waals surface area contributed by atoms with Crippen LogP contribution in [0.5, 0.6) is 0 Å². The van der Waals surface area contributed by atoms with Crippen LogP contribution in [-0.2, 0) is 4.74 Å². The number of halogens is 1. The number of ether oxygens (including phenoxy) is 1. The fourth-order valence-corrected chi connectivity index (χ4v) is 2.51. The molecule has 1 aromatic heterocycles. The Kier molecular flexibility index (Phi) is 5.34. The summed E-state index contributed by atoms with van der Waals surface area (Å²) in [6, 6.07) is 16.1. The molecule has 0 bridgehead atoms. The van der Waals surface area contributed by atoms with Crippen LogP contribution in [-0.4, -0.2) is 23.0 Å². The number of esters is 1. The molecule has 3 rings (SSSR count). The van der Waals surface area contributed by atoms with Gasteiger partial charge in [-0.3, -0.25) is 0 Å². The van der Waals surface area contributed by atoms with Crippen molar-refractivity contribution >= 4 is 40.7 Å². The van der Waals surface area contributed by atoms with Gasteiger partial charge in [0, 0.05) is 17.4 Å². The van der Waals surface area contributed by atoms with Gasteiger partial charge in [-0.2, -0.15) is 4.98 Å². The third-order valence-electron chi connectivity index (χ3n) is 3.55. The minimum atomic E-state index is -0.374. The summed E-state index contributed by atoms with van der Waals surface area (Å²) < 4.78 is 4.69. The first kappa shape index (κ1) is 17.7. The summed E-state index contributed by atoms with van der Waals surface area (Å²) in [7, 11) is 1.35. The van der Waals surface area contributed by atoms with E-state index in [-0.39, 0.29) is 5.97 Å². The third kappa shape index (κ3) is 4.29. The minimum Gasteiger partial charge on any atom is -0.465 e. The summed E-state index contributed by atoms with van der Waals surface area (Å²) >= 11 is 6.16. The molecule has 0 atom stereocenters. The number of anilines is 4. The maximum atomic E-state index is 11.5. The SMILES string of the molecule is COC(=O)c1ccc(Nc2cc(C)nc(Nc3ccccc3Cl)n2)cc1. The first-order valence-corrected chi connectivity index (χ1v) is 8.25. The number of carbonyl (C=O) groups excluding carboxylic acids is 1. The number of hydrogen-bond acceptors (Lipinski definition) is 6. The van der Waals surface area contributed by atoms with E-state index in [0.717, 1.165) is 17.1 Å². The van der Waals surface area contributed by atoms with Crippen molar-refractivity contribution in [2.24, 2.45) is 0 Å². The number of rotatable bonds is 5. The normalized spacial score (nSPS) is 10.3. The molecule has 2 N–H and O–H groups in total. The molecule has 0 saturated carbocycles. The Morgan fingerprint density at radius 3 is 2.46 bits per heavy atom. The second kappa shape index (κ2) is 7.84. The maximum Gasteiger partial charge on any atom is 0.337 e. The highest BCUT2D eigenvalue weighted by Crippen LogP contribution is 2.24. The van der Waals surface area contributed by atoms with Gasteiger partial charge in [0.05, 0.1) is 23.4 Å². The maximum absolute atomic E-state index is 11.5. The first-order chi connectivity index (χ1) is 12.5.